The highest BCUT2D eigenvalue weighted by molar-refractivity contribution is 5.84. The lowest BCUT2D eigenvalue weighted by Gasteiger charge is -2.31. The molecular formula is C23H22N2O2. The smallest absolute Gasteiger partial charge is 0.160 e. The number of para-hydroxylation sites is 2. The summed E-state index contributed by atoms with van der Waals surface area (Å²) in [6.07, 6.45) is 2.06. The zero-order valence-corrected chi connectivity index (χ0v) is 15.4. The molecule has 0 saturated carbocycles. The molecule has 2 N–H and O–H groups in total. The molecular weight excluding hydrogens is 336 g/mol. The molecule has 1 unspecified atom stereocenters. The summed E-state index contributed by atoms with van der Waals surface area (Å²) in [7, 11) is 3.65. The van der Waals surface area contributed by atoms with E-state index in [1.807, 2.05) is 36.4 Å². The van der Waals surface area contributed by atoms with Crippen molar-refractivity contribution >= 4 is 16.6 Å². The molecule has 27 heavy (non-hydrogen) atoms. The Bertz CT molecular complexity index is 1060. The maximum Gasteiger partial charge on any atom is 0.160 e. The number of nitrogens with one attached hydrogen (secondary N) is 1. The number of methoxy groups -OCH3 is 1. The van der Waals surface area contributed by atoms with Crippen molar-refractivity contribution in [1.29, 1.82) is 0 Å². The fraction of sp³-hybridized carbons (Fsp3) is 0.130. The van der Waals surface area contributed by atoms with Gasteiger partial charge in [-0.25, -0.2) is 0 Å². The molecule has 0 radical (unpaired) electrons. The van der Waals surface area contributed by atoms with Crippen molar-refractivity contribution in [2.75, 3.05) is 19.1 Å². The van der Waals surface area contributed by atoms with Crippen molar-refractivity contribution in [1.82, 2.24) is 4.98 Å². The highest BCUT2D eigenvalue weighted by atomic mass is 16.5. The maximum atomic E-state index is 10.0. The number of ether oxygens (including phenoxy) is 1. The second-order valence-corrected chi connectivity index (χ2v) is 6.57. The fourth-order valence-electron chi connectivity index (χ4n) is 3.61. The van der Waals surface area contributed by atoms with E-state index >= 15 is 0 Å². The summed E-state index contributed by atoms with van der Waals surface area (Å²) in [6.45, 7) is 0. The molecule has 4 nitrogen and oxygen atoms in total. The molecule has 0 bridgehead atoms. The molecule has 4 aromatic rings. The monoisotopic (exact) mass is 358 g/mol. The van der Waals surface area contributed by atoms with Gasteiger partial charge in [-0.05, 0) is 35.9 Å². The predicted molar refractivity (Wildman–Crippen MR) is 110 cm³/mol. The standard InChI is InChI=1S/C23H22N2O2/c1-25(17-8-4-3-5-9-17)23(16-12-13-21(26)22(14-16)27-2)19-15-24-20-11-7-6-10-18(19)20/h3-15,23-24,26H,1-2H3. The minimum Gasteiger partial charge on any atom is -0.504 e. The third kappa shape index (κ3) is 3.10. The molecule has 0 aliphatic heterocycles. The van der Waals surface area contributed by atoms with Gasteiger partial charge in [-0.15, -0.1) is 0 Å². The largest absolute Gasteiger partial charge is 0.504 e. The number of aromatic amines is 1. The van der Waals surface area contributed by atoms with Gasteiger partial charge in [0.25, 0.3) is 0 Å². The SMILES string of the molecule is COc1cc(C(c2c[nH]c3ccccc23)N(C)c2ccccc2)ccc1O. The van der Waals surface area contributed by atoms with Crippen molar-refractivity contribution in [3.05, 3.63) is 90.1 Å². The third-order valence-corrected chi connectivity index (χ3v) is 4.99. The van der Waals surface area contributed by atoms with Crippen LogP contribution in [0.3, 0.4) is 0 Å². The van der Waals surface area contributed by atoms with E-state index in [-0.39, 0.29) is 11.8 Å². The second kappa shape index (κ2) is 7.08. The minimum atomic E-state index is -0.0435. The Balaban J connectivity index is 1.90. The van der Waals surface area contributed by atoms with Gasteiger partial charge in [-0.2, -0.15) is 0 Å². The van der Waals surface area contributed by atoms with Crippen LogP contribution in [0.5, 0.6) is 11.5 Å². The van der Waals surface area contributed by atoms with Crippen LogP contribution in [0.4, 0.5) is 5.69 Å². The van der Waals surface area contributed by atoms with Gasteiger partial charge in [-0.1, -0.05) is 42.5 Å². The van der Waals surface area contributed by atoms with E-state index in [1.54, 1.807) is 13.2 Å². The summed E-state index contributed by atoms with van der Waals surface area (Å²) in [5.74, 6) is 0.611. The number of nitrogens with zero attached hydrogens (tertiary/aromatic N) is 1. The zero-order chi connectivity index (χ0) is 18.8. The van der Waals surface area contributed by atoms with E-state index in [1.165, 1.54) is 10.9 Å². The normalized spacial score (nSPS) is 12.1. The van der Waals surface area contributed by atoms with Crippen LogP contribution in [0.1, 0.15) is 17.2 Å². The maximum absolute atomic E-state index is 10.0. The Morgan fingerprint density at radius 1 is 0.963 bits per heavy atom. The first-order valence-corrected chi connectivity index (χ1v) is 8.90. The van der Waals surface area contributed by atoms with Gasteiger partial charge < -0.3 is 19.7 Å². The Morgan fingerprint density at radius 3 is 2.48 bits per heavy atom. The lowest BCUT2D eigenvalue weighted by Crippen LogP contribution is -2.25. The van der Waals surface area contributed by atoms with Crippen LogP contribution in [0, 0.1) is 0 Å². The van der Waals surface area contributed by atoms with Crippen molar-refractivity contribution in [2.24, 2.45) is 0 Å². The lowest BCUT2D eigenvalue weighted by atomic mass is 9.96. The van der Waals surface area contributed by atoms with E-state index in [2.05, 4.69) is 53.5 Å². The lowest BCUT2D eigenvalue weighted by molar-refractivity contribution is 0.372. The van der Waals surface area contributed by atoms with Crippen LogP contribution in [0.2, 0.25) is 0 Å². The highest BCUT2D eigenvalue weighted by Crippen LogP contribution is 2.38. The molecule has 1 heterocycles. The van der Waals surface area contributed by atoms with Crippen molar-refractivity contribution in [3.63, 3.8) is 0 Å². The minimum absolute atomic E-state index is 0.0435. The number of phenols is 1. The highest BCUT2D eigenvalue weighted by Gasteiger charge is 2.24. The fourth-order valence-corrected chi connectivity index (χ4v) is 3.61. The summed E-state index contributed by atoms with van der Waals surface area (Å²) in [5.41, 5.74) is 4.43. The third-order valence-electron chi connectivity index (χ3n) is 4.99. The summed E-state index contributed by atoms with van der Waals surface area (Å²) < 4.78 is 5.35. The number of fused-ring (bicyclic) bond motifs is 1. The molecule has 136 valence electrons. The summed E-state index contributed by atoms with van der Waals surface area (Å²) >= 11 is 0. The first-order chi connectivity index (χ1) is 13.2. The van der Waals surface area contributed by atoms with Crippen molar-refractivity contribution < 1.29 is 9.84 Å². The molecule has 1 atom stereocenters. The molecule has 0 aliphatic carbocycles. The number of anilines is 1. The Labute approximate surface area is 158 Å². The molecule has 4 rings (SSSR count). The van der Waals surface area contributed by atoms with Gasteiger partial charge in [0.2, 0.25) is 0 Å². The van der Waals surface area contributed by atoms with Crippen molar-refractivity contribution in [2.45, 2.75) is 6.04 Å². The summed E-state index contributed by atoms with van der Waals surface area (Å²) in [6, 6.07) is 24.1. The molecule has 4 heteroatoms. The molecule has 1 aromatic heterocycles. The molecule has 0 spiro atoms. The van der Waals surface area contributed by atoms with Crippen LogP contribution in [0.15, 0.2) is 79.0 Å². The molecule has 0 aliphatic rings. The van der Waals surface area contributed by atoms with E-state index in [0.29, 0.717) is 5.75 Å². The number of hydrogen-bond acceptors (Lipinski definition) is 3. The Kier molecular flexibility index (Phi) is 4.47. The van der Waals surface area contributed by atoms with Crippen LogP contribution >= 0.6 is 0 Å². The van der Waals surface area contributed by atoms with Crippen molar-refractivity contribution in [3.8, 4) is 11.5 Å². The van der Waals surface area contributed by atoms with E-state index in [4.69, 9.17) is 4.74 Å². The number of aromatic hydroxyl groups is 1. The Morgan fingerprint density at radius 2 is 1.70 bits per heavy atom. The van der Waals surface area contributed by atoms with E-state index in [0.717, 1.165) is 16.8 Å². The van der Waals surface area contributed by atoms with Crippen LogP contribution in [-0.4, -0.2) is 24.2 Å². The van der Waals surface area contributed by atoms with Crippen LogP contribution in [0.25, 0.3) is 10.9 Å². The van der Waals surface area contributed by atoms with Gasteiger partial charge in [0.1, 0.15) is 0 Å². The average molecular weight is 358 g/mol. The topological polar surface area (TPSA) is 48.5 Å². The number of aromatic nitrogens is 1. The summed E-state index contributed by atoms with van der Waals surface area (Å²) in [4.78, 5) is 5.61. The number of H-pyrrole nitrogens is 1. The molecule has 0 saturated heterocycles. The van der Waals surface area contributed by atoms with Crippen LogP contribution < -0.4 is 9.64 Å². The first kappa shape index (κ1) is 17.0. The Hall–Kier alpha value is -3.40. The molecule has 0 amide bonds. The quantitative estimate of drug-likeness (QED) is 0.521. The number of rotatable bonds is 5. The van der Waals surface area contributed by atoms with Gasteiger partial charge in [0.15, 0.2) is 11.5 Å². The van der Waals surface area contributed by atoms with Crippen LogP contribution in [-0.2, 0) is 0 Å². The summed E-state index contributed by atoms with van der Waals surface area (Å²) in [5, 5.41) is 11.2. The average Bonchev–Trinajstić information content (AvgIpc) is 3.14. The predicted octanol–water partition coefficient (Wildman–Crippen LogP) is 5.11. The van der Waals surface area contributed by atoms with Gasteiger partial charge in [0.05, 0.1) is 13.2 Å². The number of phenolic OH excluding ortho intramolecular Hbond substituents is 1. The van der Waals surface area contributed by atoms with Gasteiger partial charge >= 0.3 is 0 Å². The first-order valence-electron chi connectivity index (χ1n) is 8.90. The number of hydrogen-bond donors (Lipinski definition) is 2. The zero-order valence-electron chi connectivity index (χ0n) is 15.4. The van der Waals surface area contributed by atoms with E-state index in [9.17, 15) is 5.11 Å². The molecule has 0 fully saturated rings. The molecule has 3 aromatic carbocycles. The van der Waals surface area contributed by atoms with Gasteiger partial charge in [-0.3, -0.25) is 0 Å². The van der Waals surface area contributed by atoms with Gasteiger partial charge in [0, 0.05) is 35.4 Å². The second-order valence-electron chi connectivity index (χ2n) is 6.57. The number of benzene rings is 3. The van der Waals surface area contributed by atoms with E-state index < -0.39 is 0 Å².